The molecule has 0 fully saturated rings. The summed E-state index contributed by atoms with van der Waals surface area (Å²) in [5, 5.41) is 7.89. The van der Waals surface area contributed by atoms with Crippen LogP contribution in [0.15, 0.2) is 46.4 Å². The van der Waals surface area contributed by atoms with Gasteiger partial charge in [0.1, 0.15) is 5.76 Å². The van der Waals surface area contributed by atoms with Gasteiger partial charge in [0.15, 0.2) is 5.13 Å². The molecule has 3 heterocycles. The number of likely N-dealkylation sites (N-methyl/N-ethyl adjacent to an activating group) is 1. The number of benzene rings is 1. The number of imidazole rings is 1. The lowest BCUT2D eigenvalue weighted by atomic mass is 10.2. The smallest absolute Gasteiger partial charge is 0.260 e. The first kappa shape index (κ1) is 23.7. The molecule has 4 rings (SSSR count). The summed E-state index contributed by atoms with van der Waals surface area (Å²) < 4.78 is 7.22. The molecule has 0 radical (unpaired) electrons. The van der Waals surface area contributed by atoms with Crippen molar-refractivity contribution in [2.45, 2.75) is 33.7 Å². The maximum absolute atomic E-state index is 12.8. The summed E-state index contributed by atoms with van der Waals surface area (Å²) in [4.78, 5) is 36.5. The lowest BCUT2D eigenvalue weighted by molar-refractivity contribution is -0.115. The SMILES string of the molecule is CCN(CC)CCn1c(NC(=O)Cc2csc(NC(=O)c3ccoc3C)n2)nc2ccccc21. The van der Waals surface area contributed by atoms with Crippen molar-refractivity contribution < 1.29 is 14.0 Å². The molecule has 0 saturated carbocycles. The van der Waals surface area contributed by atoms with Crippen LogP contribution in [0.5, 0.6) is 0 Å². The Balaban J connectivity index is 1.43. The Morgan fingerprint density at radius 1 is 1.12 bits per heavy atom. The average Bonchev–Trinajstić information content (AvgIpc) is 3.53. The highest BCUT2D eigenvalue weighted by molar-refractivity contribution is 7.14. The molecule has 0 aliphatic rings. The molecule has 4 aromatic rings. The monoisotopic (exact) mass is 480 g/mol. The van der Waals surface area contributed by atoms with E-state index >= 15 is 0 Å². The van der Waals surface area contributed by atoms with Crippen molar-refractivity contribution in [1.82, 2.24) is 19.4 Å². The number of nitrogens with one attached hydrogen (secondary N) is 2. The van der Waals surface area contributed by atoms with Gasteiger partial charge in [-0.2, -0.15) is 0 Å². The Labute approximate surface area is 201 Å². The predicted octanol–water partition coefficient (Wildman–Crippen LogP) is 4.17. The fourth-order valence-electron chi connectivity index (χ4n) is 3.74. The minimum Gasteiger partial charge on any atom is -0.469 e. The second kappa shape index (κ2) is 10.6. The largest absolute Gasteiger partial charge is 0.469 e. The maximum Gasteiger partial charge on any atom is 0.260 e. The number of para-hydroxylation sites is 2. The van der Waals surface area contributed by atoms with Gasteiger partial charge in [0.2, 0.25) is 11.9 Å². The number of carbonyl (C=O) groups is 2. The number of aromatic nitrogens is 3. The molecule has 1 aromatic carbocycles. The van der Waals surface area contributed by atoms with Crippen LogP contribution in [0.4, 0.5) is 11.1 Å². The van der Waals surface area contributed by atoms with E-state index in [4.69, 9.17) is 4.42 Å². The molecular formula is C24H28N6O3S. The number of rotatable bonds is 10. The number of thiazole rings is 1. The summed E-state index contributed by atoms with van der Waals surface area (Å²) in [5.41, 5.74) is 2.86. The van der Waals surface area contributed by atoms with Gasteiger partial charge in [0.25, 0.3) is 5.91 Å². The van der Waals surface area contributed by atoms with Gasteiger partial charge in [-0.25, -0.2) is 9.97 Å². The Morgan fingerprint density at radius 3 is 2.65 bits per heavy atom. The molecule has 3 aromatic heterocycles. The van der Waals surface area contributed by atoms with E-state index < -0.39 is 0 Å². The van der Waals surface area contributed by atoms with E-state index in [0.29, 0.717) is 28.1 Å². The lowest BCUT2D eigenvalue weighted by Crippen LogP contribution is -2.28. The van der Waals surface area contributed by atoms with Crippen LogP contribution in [0.1, 0.15) is 35.7 Å². The minimum atomic E-state index is -0.293. The molecule has 0 spiro atoms. The highest BCUT2D eigenvalue weighted by Crippen LogP contribution is 2.21. The van der Waals surface area contributed by atoms with Crippen LogP contribution in [-0.4, -0.2) is 50.9 Å². The second-order valence-electron chi connectivity index (χ2n) is 7.82. The van der Waals surface area contributed by atoms with Crippen LogP contribution < -0.4 is 10.6 Å². The van der Waals surface area contributed by atoms with Crippen LogP contribution in [0.3, 0.4) is 0 Å². The minimum absolute atomic E-state index is 0.0797. The molecule has 0 aliphatic heterocycles. The van der Waals surface area contributed by atoms with Crippen LogP contribution in [0, 0.1) is 6.92 Å². The normalized spacial score (nSPS) is 11.3. The Bertz CT molecular complexity index is 1290. The first-order chi connectivity index (χ1) is 16.5. The highest BCUT2D eigenvalue weighted by atomic mass is 32.1. The molecule has 9 nitrogen and oxygen atoms in total. The predicted molar refractivity (Wildman–Crippen MR) is 133 cm³/mol. The van der Waals surface area contributed by atoms with Gasteiger partial charge in [-0.1, -0.05) is 26.0 Å². The molecular weight excluding hydrogens is 452 g/mol. The summed E-state index contributed by atoms with van der Waals surface area (Å²) in [6.07, 6.45) is 1.55. The van der Waals surface area contributed by atoms with Crippen molar-refractivity contribution in [1.29, 1.82) is 0 Å². The van der Waals surface area contributed by atoms with E-state index in [0.717, 1.165) is 37.2 Å². The number of fused-ring (bicyclic) bond motifs is 1. The fourth-order valence-corrected chi connectivity index (χ4v) is 4.45. The van der Waals surface area contributed by atoms with E-state index in [1.807, 2.05) is 28.8 Å². The van der Waals surface area contributed by atoms with E-state index in [9.17, 15) is 9.59 Å². The van der Waals surface area contributed by atoms with Crippen LogP contribution in [0.2, 0.25) is 0 Å². The first-order valence-electron chi connectivity index (χ1n) is 11.3. The summed E-state index contributed by atoms with van der Waals surface area (Å²) in [6.45, 7) is 9.51. The molecule has 34 heavy (non-hydrogen) atoms. The molecule has 2 amide bonds. The van der Waals surface area contributed by atoms with Crippen molar-refractivity contribution in [3.05, 3.63) is 59.0 Å². The van der Waals surface area contributed by atoms with Crippen molar-refractivity contribution in [2.75, 3.05) is 30.3 Å². The fraction of sp³-hybridized carbons (Fsp3) is 0.333. The van der Waals surface area contributed by atoms with Gasteiger partial charge in [0.05, 0.1) is 35.0 Å². The van der Waals surface area contributed by atoms with Crippen LogP contribution >= 0.6 is 11.3 Å². The number of hydrogen-bond donors (Lipinski definition) is 2. The third-order valence-electron chi connectivity index (χ3n) is 5.66. The Hall–Kier alpha value is -3.50. The van der Waals surface area contributed by atoms with Gasteiger partial charge in [-0.3, -0.25) is 20.2 Å². The zero-order chi connectivity index (χ0) is 24.1. The first-order valence-corrected chi connectivity index (χ1v) is 12.1. The number of hydrogen-bond acceptors (Lipinski definition) is 7. The van der Waals surface area contributed by atoms with Crippen LogP contribution in [-0.2, 0) is 17.8 Å². The summed E-state index contributed by atoms with van der Waals surface area (Å²) >= 11 is 1.27. The maximum atomic E-state index is 12.8. The zero-order valence-corrected chi connectivity index (χ0v) is 20.3. The van der Waals surface area contributed by atoms with Gasteiger partial charge < -0.3 is 13.9 Å². The number of carbonyl (C=O) groups excluding carboxylic acids is 2. The lowest BCUT2D eigenvalue weighted by Gasteiger charge is -2.19. The number of furan rings is 1. The van der Waals surface area contributed by atoms with Crippen molar-refractivity contribution in [3.8, 4) is 0 Å². The van der Waals surface area contributed by atoms with E-state index in [1.165, 1.54) is 17.6 Å². The summed E-state index contributed by atoms with van der Waals surface area (Å²) in [6, 6.07) is 9.47. The highest BCUT2D eigenvalue weighted by Gasteiger charge is 2.17. The standard InChI is InChI=1S/C24H28N6O3S/c1-4-29(5-2)11-12-30-20-9-7-6-8-19(20)26-23(30)27-21(31)14-17-15-34-24(25-17)28-22(32)18-10-13-33-16(18)3/h6-10,13,15H,4-5,11-12,14H2,1-3H3,(H,25,28,32)(H,26,27,31). The molecule has 10 heteroatoms. The second-order valence-corrected chi connectivity index (χ2v) is 8.67. The van der Waals surface area contributed by atoms with Crippen molar-refractivity contribution in [2.24, 2.45) is 0 Å². The third-order valence-corrected chi connectivity index (χ3v) is 6.46. The average molecular weight is 481 g/mol. The molecule has 0 bridgehead atoms. The van der Waals surface area contributed by atoms with Crippen molar-refractivity contribution in [3.63, 3.8) is 0 Å². The van der Waals surface area contributed by atoms with Gasteiger partial charge >= 0.3 is 0 Å². The van der Waals surface area contributed by atoms with Gasteiger partial charge in [-0.05, 0) is 38.2 Å². The Kier molecular flexibility index (Phi) is 7.39. The number of aryl methyl sites for hydroxylation is 1. The molecule has 0 atom stereocenters. The molecule has 0 unspecified atom stereocenters. The zero-order valence-electron chi connectivity index (χ0n) is 19.5. The van der Waals surface area contributed by atoms with Gasteiger partial charge in [-0.15, -0.1) is 11.3 Å². The van der Waals surface area contributed by atoms with Crippen LogP contribution in [0.25, 0.3) is 11.0 Å². The van der Waals surface area contributed by atoms with E-state index in [1.54, 1.807) is 18.4 Å². The van der Waals surface area contributed by atoms with Gasteiger partial charge in [0, 0.05) is 18.5 Å². The summed E-state index contributed by atoms with van der Waals surface area (Å²) in [5.74, 6) is 0.557. The Morgan fingerprint density at radius 2 is 1.91 bits per heavy atom. The number of anilines is 2. The molecule has 0 saturated heterocycles. The molecule has 0 aliphatic carbocycles. The summed E-state index contributed by atoms with van der Waals surface area (Å²) in [7, 11) is 0. The van der Waals surface area contributed by atoms with Crippen molar-refractivity contribution >= 4 is 45.3 Å². The third kappa shape index (κ3) is 5.35. The number of nitrogens with zero attached hydrogens (tertiary/aromatic N) is 4. The molecule has 2 N–H and O–H groups in total. The van der Waals surface area contributed by atoms with E-state index in [-0.39, 0.29) is 18.2 Å². The number of amides is 2. The topological polar surface area (TPSA) is 105 Å². The quantitative estimate of drug-likeness (QED) is 0.353. The van der Waals surface area contributed by atoms with E-state index in [2.05, 4.69) is 39.3 Å². The molecule has 178 valence electrons.